The van der Waals surface area contributed by atoms with Crippen LogP contribution in [-0.4, -0.2) is 24.1 Å². The summed E-state index contributed by atoms with van der Waals surface area (Å²) >= 11 is 0. The Kier molecular flexibility index (Phi) is 5.69. The molecular formula is C10H21NO3P+. The van der Waals surface area contributed by atoms with Crippen LogP contribution in [0.3, 0.4) is 0 Å². The predicted octanol–water partition coefficient (Wildman–Crippen LogP) is 1.99. The minimum absolute atomic E-state index is 0.410. The monoisotopic (exact) mass is 234 g/mol. The first kappa shape index (κ1) is 13.0. The van der Waals surface area contributed by atoms with Gasteiger partial charge in [-0.05, 0) is 16.9 Å². The minimum Gasteiger partial charge on any atom is -0.363 e. The van der Waals surface area contributed by atoms with E-state index in [4.69, 9.17) is 10.3 Å². The smallest absolute Gasteiger partial charge is 0.363 e. The van der Waals surface area contributed by atoms with Gasteiger partial charge in [0.25, 0.3) is 0 Å². The van der Waals surface area contributed by atoms with E-state index < -0.39 is 20.4 Å². The van der Waals surface area contributed by atoms with Crippen LogP contribution in [0.25, 0.3) is 0 Å². The fraction of sp³-hybridized carbons (Fsp3) is 1.00. The fourth-order valence-electron chi connectivity index (χ4n) is 2.15. The average Bonchev–Trinajstić information content (AvgIpc) is 2.18. The lowest BCUT2D eigenvalue weighted by Crippen LogP contribution is -2.37. The van der Waals surface area contributed by atoms with Gasteiger partial charge in [-0.2, -0.15) is 0 Å². The average molecular weight is 234 g/mol. The molecule has 0 saturated heterocycles. The molecule has 1 saturated carbocycles. The first-order valence-electron chi connectivity index (χ1n) is 5.61. The van der Waals surface area contributed by atoms with Crippen molar-refractivity contribution in [2.45, 2.75) is 50.9 Å². The van der Waals surface area contributed by atoms with E-state index in [0.29, 0.717) is 5.92 Å². The van der Waals surface area contributed by atoms with Crippen molar-refractivity contribution in [2.75, 3.05) is 6.66 Å². The highest BCUT2D eigenvalue weighted by atomic mass is 31.1. The molecule has 0 heterocycles. The molecule has 0 amide bonds. The van der Waals surface area contributed by atoms with E-state index in [1.165, 1.54) is 38.8 Å². The molecule has 88 valence electrons. The van der Waals surface area contributed by atoms with Gasteiger partial charge in [0.05, 0.1) is 6.04 Å². The van der Waals surface area contributed by atoms with E-state index in [-0.39, 0.29) is 0 Å². The molecule has 5 heteroatoms. The van der Waals surface area contributed by atoms with Gasteiger partial charge in [0.1, 0.15) is 0 Å². The van der Waals surface area contributed by atoms with Crippen LogP contribution in [-0.2, 0) is 9.09 Å². The number of rotatable bonds is 5. The molecule has 2 unspecified atom stereocenters. The standard InChI is InChI=1S/C10H21NO3P/c1-15(13)14-10(12)9(11)7-8-5-3-2-4-6-8/h8-10,12H,2-7,11H2,1H3/q+1/t9-,10?/m0/s1. The van der Waals surface area contributed by atoms with Gasteiger partial charge in [-0.25, -0.2) is 0 Å². The van der Waals surface area contributed by atoms with Gasteiger partial charge < -0.3 is 10.8 Å². The van der Waals surface area contributed by atoms with Crippen LogP contribution in [0, 0.1) is 5.92 Å². The molecule has 1 aliphatic carbocycles. The molecule has 0 aromatic heterocycles. The van der Waals surface area contributed by atoms with Gasteiger partial charge in [-0.15, -0.1) is 4.52 Å². The van der Waals surface area contributed by atoms with Crippen molar-refractivity contribution in [1.29, 1.82) is 0 Å². The third kappa shape index (κ3) is 5.03. The molecule has 3 N–H and O–H groups in total. The number of hydrogen-bond acceptors (Lipinski definition) is 4. The quantitative estimate of drug-likeness (QED) is 0.563. The van der Waals surface area contributed by atoms with Crippen molar-refractivity contribution >= 4 is 8.03 Å². The normalized spacial score (nSPS) is 23.5. The second-order valence-corrected chi connectivity index (χ2v) is 5.43. The van der Waals surface area contributed by atoms with E-state index in [1.54, 1.807) is 0 Å². The Bertz CT molecular complexity index is 207. The second kappa shape index (κ2) is 6.54. The molecule has 1 aliphatic rings. The number of aliphatic hydroxyl groups is 1. The summed E-state index contributed by atoms with van der Waals surface area (Å²) in [5.41, 5.74) is 5.79. The zero-order chi connectivity index (χ0) is 11.3. The summed E-state index contributed by atoms with van der Waals surface area (Å²) in [4.78, 5) is 0. The van der Waals surface area contributed by atoms with Crippen LogP contribution < -0.4 is 5.73 Å². The maximum absolute atomic E-state index is 10.8. The zero-order valence-corrected chi connectivity index (χ0v) is 10.2. The Balaban J connectivity index is 2.26. The van der Waals surface area contributed by atoms with E-state index in [1.807, 2.05) is 0 Å². The second-order valence-electron chi connectivity index (χ2n) is 4.34. The van der Waals surface area contributed by atoms with Crippen molar-refractivity contribution in [3.8, 4) is 0 Å². The summed E-state index contributed by atoms with van der Waals surface area (Å²) in [7, 11) is -1.78. The molecule has 0 aromatic rings. The SMILES string of the molecule is C[P+](=O)OC(O)[C@@H](N)CC1CCCCC1. The molecule has 4 nitrogen and oxygen atoms in total. The summed E-state index contributed by atoms with van der Waals surface area (Å²) in [5.74, 6) is 0.599. The number of hydrogen-bond donors (Lipinski definition) is 2. The Hall–Kier alpha value is -0.0200. The molecule has 0 bridgehead atoms. The summed E-state index contributed by atoms with van der Waals surface area (Å²) < 4.78 is 15.6. The molecule has 3 atom stereocenters. The predicted molar refractivity (Wildman–Crippen MR) is 59.8 cm³/mol. The van der Waals surface area contributed by atoms with Crippen LogP contribution in [0.4, 0.5) is 0 Å². The lowest BCUT2D eigenvalue weighted by Gasteiger charge is -2.25. The highest BCUT2D eigenvalue weighted by molar-refractivity contribution is 7.38. The first-order valence-corrected chi connectivity index (χ1v) is 7.23. The number of aliphatic hydroxyl groups excluding tert-OH is 1. The highest BCUT2D eigenvalue weighted by Crippen LogP contribution is 2.28. The minimum atomic E-state index is -1.78. The van der Waals surface area contributed by atoms with E-state index >= 15 is 0 Å². The molecule has 0 radical (unpaired) electrons. The van der Waals surface area contributed by atoms with Gasteiger partial charge in [-0.3, -0.25) is 0 Å². The van der Waals surface area contributed by atoms with Gasteiger partial charge >= 0.3 is 8.03 Å². The summed E-state index contributed by atoms with van der Waals surface area (Å²) in [6.07, 6.45) is 5.90. The molecule has 0 spiro atoms. The van der Waals surface area contributed by atoms with Crippen LogP contribution in [0.2, 0.25) is 0 Å². The van der Waals surface area contributed by atoms with Crippen LogP contribution in [0.1, 0.15) is 38.5 Å². The summed E-state index contributed by atoms with van der Waals surface area (Å²) in [6.45, 7) is 1.42. The zero-order valence-electron chi connectivity index (χ0n) is 9.26. The number of nitrogens with two attached hydrogens (primary N) is 1. The Labute approximate surface area is 92.1 Å². The third-order valence-electron chi connectivity index (χ3n) is 2.95. The van der Waals surface area contributed by atoms with Gasteiger partial charge in [0, 0.05) is 0 Å². The van der Waals surface area contributed by atoms with E-state index in [0.717, 1.165) is 6.42 Å². The molecule has 1 fully saturated rings. The molecular weight excluding hydrogens is 213 g/mol. The van der Waals surface area contributed by atoms with Crippen molar-refractivity contribution in [1.82, 2.24) is 0 Å². The van der Waals surface area contributed by atoms with Crippen LogP contribution in [0.15, 0.2) is 0 Å². The largest absolute Gasteiger partial charge is 0.507 e. The van der Waals surface area contributed by atoms with Crippen molar-refractivity contribution < 1.29 is 14.2 Å². The highest BCUT2D eigenvalue weighted by Gasteiger charge is 2.26. The summed E-state index contributed by atoms with van der Waals surface area (Å²) in [5, 5.41) is 9.49. The Morgan fingerprint density at radius 1 is 1.47 bits per heavy atom. The Morgan fingerprint density at radius 3 is 2.60 bits per heavy atom. The molecule has 0 aromatic carbocycles. The molecule has 1 rings (SSSR count). The van der Waals surface area contributed by atoms with Crippen LogP contribution >= 0.6 is 8.03 Å². The van der Waals surface area contributed by atoms with Crippen molar-refractivity contribution in [3.05, 3.63) is 0 Å². The van der Waals surface area contributed by atoms with Gasteiger partial charge in [-0.1, -0.05) is 32.1 Å². The van der Waals surface area contributed by atoms with Crippen molar-refractivity contribution in [2.24, 2.45) is 11.7 Å². The van der Waals surface area contributed by atoms with Gasteiger partial charge in [0.15, 0.2) is 6.66 Å². The van der Waals surface area contributed by atoms with Crippen molar-refractivity contribution in [3.63, 3.8) is 0 Å². The molecule has 15 heavy (non-hydrogen) atoms. The fourth-order valence-corrected chi connectivity index (χ4v) is 2.61. The maximum Gasteiger partial charge on any atom is 0.507 e. The van der Waals surface area contributed by atoms with Crippen LogP contribution in [0.5, 0.6) is 0 Å². The maximum atomic E-state index is 10.8. The topological polar surface area (TPSA) is 72.5 Å². The van der Waals surface area contributed by atoms with E-state index in [9.17, 15) is 9.67 Å². The molecule has 0 aliphatic heterocycles. The Morgan fingerprint density at radius 2 is 2.07 bits per heavy atom. The lowest BCUT2D eigenvalue weighted by molar-refractivity contribution is -0.0361. The summed E-state index contributed by atoms with van der Waals surface area (Å²) in [6, 6.07) is -0.410. The van der Waals surface area contributed by atoms with E-state index in [2.05, 4.69) is 0 Å². The first-order chi connectivity index (χ1) is 7.09. The lowest BCUT2D eigenvalue weighted by atomic mass is 9.85. The van der Waals surface area contributed by atoms with Gasteiger partial charge in [0.2, 0.25) is 6.29 Å². The third-order valence-corrected chi connectivity index (χ3v) is 3.47.